The number of nitrogens with two attached hydrogens (primary N) is 1. The first-order chi connectivity index (χ1) is 6.76. The fourth-order valence-electron chi connectivity index (χ4n) is 1.75. The molecule has 1 fully saturated rings. The second-order valence-corrected chi connectivity index (χ2v) is 6.53. The van der Waals surface area contributed by atoms with Crippen LogP contribution in [-0.4, -0.2) is 18.6 Å². The average Bonchev–Trinajstić information content (AvgIpc) is 2.84. The van der Waals surface area contributed by atoms with Gasteiger partial charge < -0.3 is 11.1 Å². The molecule has 0 heterocycles. The van der Waals surface area contributed by atoms with Crippen molar-refractivity contribution in [1.29, 1.82) is 0 Å². The minimum absolute atomic E-state index is 0.00700. The van der Waals surface area contributed by atoms with Crippen molar-refractivity contribution in [3.63, 3.8) is 0 Å². The van der Waals surface area contributed by atoms with Crippen LogP contribution >= 0.6 is 0 Å². The summed E-state index contributed by atoms with van der Waals surface area (Å²) < 4.78 is 0. The van der Waals surface area contributed by atoms with Gasteiger partial charge in [0.2, 0.25) is 0 Å². The third-order valence-electron chi connectivity index (χ3n) is 4.16. The lowest BCUT2D eigenvalue weighted by Crippen LogP contribution is -2.50. The zero-order valence-corrected chi connectivity index (χ0v) is 11.1. The van der Waals surface area contributed by atoms with Gasteiger partial charge in [-0.2, -0.15) is 0 Å². The summed E-state index contributed by atoms with van der Waals surface area (Å²) in [6, 6.07) is 0. The molecule has 0 aromatic carbocycles. The van der Waals surface area contributed by atoms with Crippen molar-refractivity contribution >= 4 is 0 Å². The first-order valence-electron chi connectivity index (χ1n) is 6.25. The first kappa shape index (κ1) is 13.0. The molecule has 0 bridgehead atoms. The van der Waals surface area contributed by atoms with Crippen molar-refractivity contribution in [1.82, 2.24) is 5.32 Å². The van der Waals surface area contributed by atoms with E-state index in [1.807, 2.05) is 0 Å². The quantitative estimate of drug-likeness (QED) is 0.709. The molecular formula is C13H28N2. The van der Waals surface area contributed by atoms with Crippen LogP contribution in [0, 0.1) is 17.3 Å². The molecule has 1 unspecified atom stereocenters. The Morgan fingerprint density at radius 2 is 1.73 bits per heavy atom. The highest BCUT2D eigenvalue weighted by Gasteiger charge is 2.38. The lowest BCUT2D eigenvalue weighted by molar-refractivity contribution is 0.228. The lowest BCUT2D eigenvalue weighted by atomic mass is 9.81. The van der Waals surface area contributed by atoms with Gasteiger partial charge in [-0.3, -0.25) is 0 Å². The molecule has 0 aromatic heterocycles. The predicted molar refractivity (Wildman–Crippen MR) is 66.8 cm³/mol. The third kappa shape index (κ3) is 3.76. The van der Waals surface area contributed by atoms with Crippen molar-refractivity contribution in [2.75, 3.05) is 13.1 Å². The molecular weight excluding hydrogens is 184 g/mol. The summed E-state index contributed by atoms with van der Waals surface area (Å²) in [4.78, 5) is 0. The van der Waals surface area contributed by atoms with Gasteiger partial charge in [-0.1, -0.05) is 27.7 Å². The fraction of sp³-hybridized carbons (Fsp3) is 1.00. The van der Waals surface area contributed by atoms with E-state index >= 15 is 0 Å². The van der Waals surface area contributed by atoms with Crippen molar-refractivity contribution in [3.05, 3.63) is 0 Å². The van der Waals surface area contributed by atoms with Crippen LogP contribution in [-0.2, 0) is 0 Å². The standard InChI is InChI=1S/C13H28N2/c1-10(2)12(3,4)8-15-9-13(5,14)11-6-7-11/h10-11,15H,6-9,14H2,1-5H3. The first-order valence-corrected chi connectivity index (χ1v) is 6.25. The normalized spacial score (nSPS) is 21.8. The predicted octanol–water partition coefficient (Wildman–Crippen LogP) is 2.39. The van der Waals surface area contributed by atoms with Gasteiger partial charge >= 0.3 is 0 Å². The molecule has 1 saturated carbocycles. The molecule has 0 aliphatic heterocycles. The molecule has 1 rings (SSSR count). The zero-order chi connectivity index (χ0) is 11.7. The van der Waals surface area contributed by atoms with Crippen LogP contribution in [0.2, 0.25) is 0 Å². The highest BCUT2D eigenvalue weighted by Crippen LogP contribution is 2.37. The molecule has 2 nitrogen and oxygen atoms in total. The van der Waals surface area contributed by atoms with Crippen molar-refractivity contribution in [2.24, 2.45) is 23.0 Å². The average molecular weight is 212 g/mol. The Balaban J connectivity index is 2.26. The van der Waals surface area contributed by atoms with Crippen molar-refractivity contribution in [3.8, 4) is 0 Å². The van der Waals surface area contributed by atoms with E-state index in [0.29, 0.717) is 11.3 Å². The molecule has 3 N–H and O–H groups in total. The van der Waals surface area contributed by atoms with Crippen LogP contribution in [0.25, 0.3) is 0 Å². The minimum Gasteiger partial charge on any atom is -0.324 e. The third-order valence-corrected chi connectivity index (χ3v) is 4.16. The van der Waals surface area contributed by atoms with E-state index in [1.165, 1.54) is 12.8 Å². The summed E-state index contributed by atoms with van der Waals surface area (Å²) >= 11 is 0. The van der Waals surface area contributed by atoms with Gasteiger partial charge in [0.1, 0.15) is 0 Å². The van der Waals surface area contributed by atoms with E-state index in [9.17, 15) is 0 Å². The molecule has 0 radical (unpaired) electrons. The molecule has 1 atom stereocenters. The summed E-state index contributed by atoms with van der Waals surface area (Å²) in [6.07, 6.45) is 2.64. The van der Waals surface area contributed by atoms with Gasteiger partial charge in [-0.15, -0.1) is 0 Å². The van der Waals surface area contributed by atoms with Crippen LogP contribution in [0.3, 0.4) is 0 Å². The van der Waals surface area contributed by atoms with E-state index in [-0.39, 0.29) is 5.54 Å². The Morgan fingerprint density at radius 1 is 1.20 bits per heavy atom. The molecule has 15 heavy (non-hydrogen) atoms. The van der Waals surface area contributed by atoms with Gasteiger partial charge in [0, 0.05) is 18.6 Å². The van der Waals surface area contributed by atoms with Gasteiger partial charge in [-0.05, 0) is 37.0 Å². The van der Waals surface area contributed by atoms with Crippen LogP contribution < -0.4 is 11.1 Å². The monoisotopic (exact) mass is 212 g/mol. The Morgan fingerprint density at radius 3 is 2.13 bits per heavy atom. The van der Waals surface area contributed by atoms with Crippen LogP contribution in [0.1, 0.15) is 47.5 Å². The Hall–Kier alpha value is -0.0800. The summed E-state index contributed by atoms with van der Waals surface area (Å²) in [5.74, 6) is 1.46. The molecule has 0 amide bonds. The van der Waals surface area contributed by atoms with Crippen molar-refractivity contribution in [2.45, 2.75) is 53.0 Å². The van der Waals surface area contributed by atoms with E-state index in [4.69, 9.17) is 5.73 Å². The topological polar surface area (TPSA) is 38.0 Å². The fourth-order valence-corrected chi connectivity index (χ4v) is 1.75. The molecule has 0 saturated heterocycles. The SMILES string of the molecule is CC(C)C(C)(C)CNCC(C)(N)C1CC1. The highest BCUT2D eigenvalue weighted by atomic mass is 15.0. The van der Waals surface area contributed by atoms with Crippen LogP contribution in [0.5, 0.6) is 0 Å². The maximum atomic E-state index is 6.26. The Kier molecular flexibility index (Phi) is 3.83. The Labute approximate surface area is 95.0 Å². The summed E-state index contributed by atoms with van der Waals surface area (Å²) in [7, 11) is 0. The van der Waals surface area contributed by atoms with Crippen molar-refractivity contribution < 1.29 is 0 Å². The largest absolute Gasteiger partial charge is 0.324 e. The van der Waals surface area contributed by atoms with Gasteiger partial charge in [-0.25, -0.2) is 0 Å². The molecule has 2 heteroatoms. The lowest BCUT2D eigenvalue weighted by Gasteiger charge is -2.32. The smallest absolute Gasteiger partial charge is 0.0280 e. The van der Waals surface area contributed by atoms with E-state index in [1.54, 1.807) is 0 Å². The summed E-state index contributed by atoms with van der Waals surface area (Å²) in [6.45, 7) is 13.4. The maximum absolute atomic E-state index is 6.26. The second-order valence-electron chi connectivity index (χ2n) is 6.53. The molecule has 0 spiro atoms. The summed E-state index contributed by atoms with van der Waals surface area (Å²) in [5, 5.41) is 3.54. The van der Waals surface area contributed by atoms with E-state index in [2.05, 4.69) is 39.9 Å². The number of nitrogens with one attached hydrogen (secondary N) is 1. The zero-order valence-electron chi connectivity index (χ0n) is 11.1. The molecule has 90 valence electrons. The molecule has 1 aliphatic carbocycles. The maximum Gasteiger partial charge on any atom is 0.0280 e. The number of rotatable bonds is 6. The number of hydrogen-bond acceptors (Lipinski definition) is 2. The minimum atomic E-state index is 0.00700. The van der Waals surface area contributed by atoms with E-state index < -0.39 is 0 Å². The van der Waals surface area contributed by atoms with E-state index in [0.717, 1.165) is 19.0 Å². The summed E-state index contributed by atoms with van der Waals surface area (Å²) in [5.41, 5.74) is 6.63. The second kappa shape index (κ2) is 4.42. The van der Waals surface area contributed by atoms with Gasteiger partial charge in [0.25, 0.3) is 0 Å². The molecule has 0 aromatic rings. The molecule has 1 aliphatic rings. The number of hydrogen-bond donors (Lipinski definition) is 2. The van der Waals surface area contributed by atoms with Crippen LogP contribution in [0.15, 0.2) is 0 Å². The highest BCUT2D eigenvalue weighted by molar-refractivity contribution is 4.97. The van der Waals surface area contributed by atoms with Gasteiger partial charge in [0.15, 0.2) is 0 Å². The Bertz CT molecular complexity index is 189. The van der Waals surface area contributed by atoms with Crippen LogP contribution in [0.4, 0.5) is 0 Å². The van der Waals surface area contributed by atoms with Gasteiger partial charge in [0.05, 0.1) is 0 Å².